The molecule has 1 aromatic carbocycles. The fraction of sp³-hybridized carbons (Fsp3) is 0.333. The molecule has 23 heavy (non-hydrogen) atoms. The molecule has 124 valence electrons. The highest BCUT2D eigenvalue weighted by Crippen LogP contribution is 2.37. The zero-order valence-electron chi connectivity index (χ0n) is 12.1. The number of alkyl halides is 3. The van der Waals surface area contributed by atoms with Crippen molar-refractivity contribution in [3.8, 4) is 0 Å². The van der Waals surface area contributed by atoms with Crippen LogP contribution in [-0.2, 0) is 12.7 Å². The number of benzene rings is 1. The van der Waals surface area contributed by atoms with Gasteiger partial charge in [0.2, 0.25) is 5.89 Å². The van der Waals surface area contributed by atoms with E-state index in [4.69, 9.17) is 4.52 Å². The molecule has 0 fully saturated rings. The van der Waals surface area contributed by atoms with Crippen molar-refractivity contribution in [3.63, 3.8) is 0 Å². The second-order valence-electron chi connectivity index (χ2n) is 4.72. The van der Waals surface area contributed by atoms with Gasteiger partial charge < -0.3 is 14.7 Å². The molecule has 0 unspecified atom stereocenters. The van der Waals surface area contributed by atoms with Gasteiger partial charge in [0.15, 0.2) is 0 Å². The lowest BCUT2D eigenvalue weighted by atomic mass is 10.1. The molecule has 0 radical (unpaired) electrons. The Kier molecular flexibility index (Phi) is 4.38. The van der Waals surface area contributed by atoms with Crippen LogP contribution in [-0.4, -0.2) is 29.2 Å². The van der Waals surface area contributed by atoms with Gasteiger partial charge in [-0.3, -0.25) is 10.1 Å². The number of rotatable bonds is 5. The van der Waals surface area contributed by atoms with Crippen molar-refractivity contribution in [2.24, 2.45) is 0 Å². The molecule has 0 bridgehead atoms. The lowest BCUT2D eigenvalue weighted by Crippen LogP contribution is -2.11. The van der Waals surface area contributed by atoms with Crippen molar-refractivity contribution in [1.82, 2.24) is 10.1 Å². The number of hydrogen-bond acceptors (Lipinski definition) is 7. The van der Waals surface area contributed by atoms with Crippen LogP contribution in [0.3, 0.4) is 0 Å². The van der Waals surface area contributed by atoms with Crippen LogP contribution in [0.1, 0.15) is 11.5 Å². The van der Waals surface area contributed by atoms with Crippen LogP contribution in [0.25, 0.3) is 0 Å². The van der Waals surface area contributed by atoms with Gasteiger partial charge in [-0.25, -0.2) is 0 Å². The van der Waals surface area contributed by atoms with Gasteiger partial charge in [0.25, 0.3) is 11.6 Å². The molecule has 0 aliphatic heterocycles. The van der Waals surface area contributed by atoms with Gasteiger partial charge in [0, 0.05) is 25.8 Å². The zero-order valence-corrected chi connectivity index (χ0v) is 12.1. The highest BCUT2D eigenvalue weighted by Gasteiger charge is 2.38. The van der Waals surface area contributed by atoms with Crippen LogP contribution < -0.4 is 10.2 Å². The minimum atomic E-state index is -4.83. The molecule has 0 aliphatic carbocycles. The van der Waals surface area contributed by atoms with Gasteiger partial charge >= 0.3 is 6.18 Å². The van der Waals surface area contributed by atoms with E-state index >= 15 is 0 Å². The summed E-state index contributed by atoms with van der Waals surface area (Å²) in [6.45, 7) is -0.0179. The lowest BCUT2D eigenvalue weighted by Gasteiger charge is -2.10. The number of nitro benzene ring substituents is 1. The molecule has 2 rings (SSSR count). The summed E-state index contributed by atoms with van der Waals surface area (Å²) in [5.74, 6) is 0.488. The maximum atomic E-state index is 12.9. The maximum Gasteiger partial charge on any atom is 0.423 e. The molecule has 0 amide bonds. The molecule has 0 spiro atoms. The van der Waals surface area contributed by atoms with Crippen LogP contribution in [0.2, 0.25) is 0 Å². The van der Waals surface area contributed by atoms with Crippen molar-refractivity contribution < 1.29 is 22.6 Å². The van der Waals surface area contributed by atoms with Crippen LogP contribution in [0, 0.1) is 10.1 Å². The van der Waals surface area contributed by atoms with E-state index in [9.17, 15) is 23.3 Å². The van der Waals surface area contributed by atoms with Crippen LogP contribution >= 0.6 is 0 Å². The molecule has 0 saturated carbocycles. The fourth-order valence-electron chi connectivity index (χ4n) is 1.71. The van der Waals surface area contributed by atoms with Crippen molar-refractivity contribution in [2.45, 2.75) is 12.7 Å². The molecular weight excluding hydrogens is 319 g/mol. The number of nitro groups is 1. The molecule has 1 N–H and O–H groups in total. The smallest absolute Gasteiger partial charge is 0.376 e. The van der Waals surface area contributed by atoms with Gasteiger partial charge in [-0.2, -0.15) is 18.2 Å². The summed E-state index contributed by atoms with van der Waals surface area (Å²) >= 11 is 0. The third kappa shape index (κ3) is 3.87. The Balaban J connectivity index is 2.18. The van der Waals surface area contributed by atoms with Crippen LogP contribution in [0.15, 0.2) is 22.7 Å². The highest BCUT2D eigenvalue weighted by molar-refractivity contribution is 5.55. The molecule has 0 aliphatic rings. The molecule has 0 atom stereocenters. The molecule has 11 heteroatoms. The Morgan fingerprint density at radius 1 is 1.39 bits per heavy atom. The first-order valence-electron chi connectivity index (χ1n) is 6.28. The Hall–Kier alpha value is -2.85. The highest BCUT2D eigenvalue weighted by atomic mass is 19.4. The van der Waals surface area contributed by atoms with E-state index in [-0.39, 0.29) is 18.1 Å². The number of nitrogens with one attached hydrogen (secondary N) is 1. The summed E-state index contributed by atoms with van der Waals surface area (Å²) < 4.78 is 43.5. The SMILES string of the molecule is CN(C)c1noc(CNc2ccc([N+](=O)[O-])c(C(F)(F)F)c2)n1. The molecule has 1 aromatic heterocycles. The van der Waals surface area contributed by atoms with E-state index in [2.05, 4.69) is 15.5 Å². The first kappa shape index (κ1) is 16.5. The summed E-state index contributed by atoms with van der Waals surface area (Å²) in [4.78, 5) is 15.2. The van der Waals surface area contributed by atoms with E-state index < -0.39 is 22.4 Å². The lowest BCUT2D eigenvalue weighted by molar-refractivity contribution is -0.388. The predicted molar refractivity (Wildman–Crippen MR) is 74.1 cm³/mol. The second-order valence-corrected chi connectivity index (χ2v) is 4.72. The standard InChI is InChI=1S/C12H12F3N5O3/c1-19(2)11-17-10(23-18-11)6-16-7-3-4-9(20(21)22)8(5-7)12(13,14)15/h3-5,16H,6H2,1-2H3. The quantitative estimate of drug-likeness (QED) is 0.664. The van der Waals surface area contributed by atoms with Crippen molar-refractivity contribution in [2.75, 3.05) is 24.3 Å². The maximum absolute atomic E-state index is 12.9. The van der Waals surface area contributed by atoms with E-state index in [1.165, 1.54) is 6.07 Å². The van der Waals surface area contributed by atoms with Gasteiger partial charge in [0.05, 0.1) is 11.5 Å². The number of halogens is 3. The third-order valence-electron chi connectivity index (χ3n) is 2.80. The average Bonchev–Trinajstić information content (AvgIpc) is 2.93. The number of anilines is 2. The summed E-state index contributed by atoms with van der Waals surface area (Å²) in [7, 11) is 3.40. The van der Waals surface area contributed by atoms with E-state index in [1.807, 2.05) is 0 Å². The Morgan fingerprint density at radius 2 is 2.09 bits per heavy atom. The second kappa shape index (κ2) is 6.10. The number of aromatic nitrogens is 2. The summed E-state index contributed by atoms with van der Waals surface area (Å²) in [6.07, 6.45) is -4.83. The molecule has 1 heterocycles. The van der Waals surface area contributed by atoms with Gasteiger partial charge in [0.1, 0.15) is 5.56 Å². The summed E-state index contributed by atoms with van der Waals surface area (Å²) in [6, 6.07) is 2.64. The van der Waals surface area contributed by atoms with Crippen molar-refractivity contribution in [1.29, 1.82) is 0 Å². The molecule has 0 saturated heterocycles. The minimum Gasteiger partial charge on any atom is -0.376 e. The first-order valence-corrected chi connectivity index (χ1v) is 6.28. The molecule has 8 nitrogen and oxygen atoms in total. The first-order chi connectivity index (χ1) is 10.7. The van der Waals surface area contributed by atoms with Crippen LogP contribution in [0.5, 0.6) is 0 Å². The Labute approximate surface area is 128 Å². The topological polar surface area (TPSA) is 97.3 Å². The summed E-state index contributed by atoms with van der Waals surface area (Å²) in [5.41, 5.74) is -2.28. The average molecular weight is 331 g/mol. The normalized spacial score (nSPS) is 11.3. The van der Waals surface area contributed by atoms with Gasteiger partial charge in [-0.05, 0) is 17.3 Å². The largest absolute Gasteiger partial charge is 0.423 e. The van der Waals surface area contributed by atoms with E-state index in [0.717, 1.165) is 6.07 Å². The number of nitrogens with zero attached hydrogens (tertiary/aromatic N) is 4. The Morgan fingerprint density at radius 3 is 2.61 bits per heavy atom. The monoisotopic (exact) mass is 331 g/mol. The van der Waals surface area contributed by atoms with Crippen molar-refractivity contribution >= 4 is 17.3 Å². The molecule has 2 aromatic rings. The molecular formula is C12H12F3N5O3. The van der Waals surface area contributed by atoms with Crippen LogP contribution in [0.4, 0.5) is 30.5 Å². The number of hydrogen-bond donors (Lipinski definition) is 1. The summed E-state index contributed by atoms with van der Waals surface area (Å²) in [5, 5.41) is 17.0. The Bertz CT molecular complexity index is 714. The van der Waals surface area contributed by atoms with Gasteiger partial charge in [-0.15, -0.1) is 0 Å². The zero-order chi connectivity index (χ0) is 17.2. The third-order valence-corrected chi connectivity index (χ3v) is 2.80. The van der Waals surface area contributed by atoms with E-state index in [0.29, 0.717) is 12.0 Å². The van der Waals surface area contributed by atoms with Crippen molar-refractivity contribution in [3.05, 3.63) is 39.8 Å². The minimum absolute atomic E-state index is 0.0179. The fourth-order valence-corrected chi connectivity index (χ4v) is 1.71. The van der Waals surface area contributed by atoms with E-state index in [1.54, 1.807) is 19.0 Å². The predicted octanol–water partition coefficient (Wildman–Crippen LogP) is 2.67. The van der Waals surface area contributed by atoms with Gasteiger partial charge in [-0.1, -0.05) is 0 Å².